The number of nitrogens with zero attached hydrogens (tertiary/aromatic N) is 1. The second-order valence-electron chi connectivity index (χ2n) is 6.31. The van der Waals surface area contributed by atoms with Crippen molar-refractivity contribution in [1.82, 2.24) is 4.90 Å². The summed E-state index contributed by atoms with van der Waals surface area (Å²) in [7, 11) is 0. The minimum atomic E-state index is -4.35. The summed E-state index contributed by atoms with van der Waals surface area (Å²) < 4.78 is 43.8. The van der Waals surface area contributed by atoms with Crippen molar-refractivity contribution >= 4 is 6.09 Å². The number of benzene rings is 1. The van der Waals surface area contributed by atoms with Gasteiger partial charge in [-0.1, -0.05) is 12.1 Å². The molecular weight excluding hydrogens is 311 g/mol. The van der Waals surface area contributed by atoms with Crippen molar-refractivity contribution < 1.29 is 27.8 Å². The fraction of sp³-hybridized carbons (Fsp3) is 0.562. The molecule has 7 heteroatoms. The van der Waals surface area contributed by atoms with Crippen molar-refractivity contribution in [2.75, 3.05) is 13.1 Å². The Labute approximate surface area is 131 Å². The highest BCUT2D eigenvalue weighted by molar-refractivity contribution is 5.65. The molecule has 2 fully saturated rings. The number of amides is 1. The molecule has 1 N–H and O–H groups in total. The first-order chi connectivity index (χ1) is 10.8. The first-order valence-corrected chi connectivity index (χ1v) is 7.58. The van der Waals surface area contributed by atoms with E-state index in [2.05, 4.69) is 0 Å². The Morgan fingerprint density at radius 1 is 1.26 bits per heavy atom. The fourth-order valence-electron chi connectivity index (χ4n) is 3.59. The van der Waals surface area contributed by atoms with E-state index in [0.717, 1.165) is 25.0 Å². The van der Waals surface area contributed by atoms with Crippen molar-refractivity contribution in [1.29, 1.82) is 0 Å². The van der Waals surface area contributed by atoms with Crippen LogP contribution in [0.15, 0.2) is 24.3 Å². The first-order valence-electron chi connectivity index (χ1n) is 7.58. The third-order valence-corrected chi connectivity index (χ3v) is 4.72. The van der Waals surface area contributed by atoms with Gasteiger partial charge in [0.2, 0.25) is 0 Å². The lowest BCUT2D eigenvalue weighted by atomic mass is 10.0. The monoisotopic (exact) mass is 329 g/mol. The minimum absolute atomic E-state index is 0.00418. The molecule has 126 valence electrons. The number of ether oxygens (including phenoxy) is 1. The molecule has 1 aliphatic heterocycles. The van der Waals surface area contributed by atoms with E-state index in [4.69, 9.17) is 9.84 Å². The van der Waals surface area contributed by atoms with Gasteiger partial charge in [-0.15, -0.1) is 0 Å². The van der Waals surface area contributed by atoms with Crippen LogP contribution in [-0.2, 0) is 17.5 Å². The lowest BCUT2D eigenvalue weighted by Crippen LogP contribution is -2.28. The highest BCUT2D eigenvalue weighted by Gasteiger charge is 2.42. The molecule has 23 heavy (non-hydrogen) atoms. The van der Waals surface area contributed by atoms with E-state index in [1.165, 1.54) is 11.0 Å². The predicted molar refractivity (Wildman–Crippen MR) is 75.8 cm³/mol. The zero-order valence-corrected chi connectivity index (χ0v) is 12.4. The zero-order chi connectivity index (χ0) is 16.6. The normalized spacial score (nSPS) is 27.3. The van der Waals surface area contributed by atoms with E-state index in [1.807, 2.05) is 0 Å². The second kappa shape index (κ2) is 6.03. The largest absolute Gasteiger partial charge is 0.465 e. The SMILES string of the molecule is O=C(O)N1C[C@H]2C[C@H](OCc3cccc(C(F)(F)F)c3)C[C@H]2C1. The molecule has 3 atom stereocenters. The van der Waals surface area contributed by atoms with Crippen LogP contribution in [0.3, 0.4) is 0 Å². The number of alkyl halides is 3. The van der Waals surface area contributed by atoms with Crippen LogP contribution in [0, 0.1) is 11.8 Å². The van der Waals surface area contributed by atoms with Gasteiger partial charge in [-0.2, -0.15) is 13.2 Å². The lowest BCUT2D eigenvalue weighted by molar-refractivity contribution is -0.137. The number of likely N-dealkylation sites (tertiary alicyclic amines) is 1. The molecule has 1 heterocycles. The van der Waals surface area contributed by atoms with Crippen LogP contribution in [0.5, 0.6) is 0 Å². The molecule has 0 radical (unpaired) electrons. The van der Waals surface area contributed by atoms with Crippen LogP contribution in [0.4, 0.5) is 18.0 Å². The van der Waals surface area contributed by atoms with Crippen LogP contribution < -0.4 is 0 Å². The number of carboxylic acid groups (broad SMARTS) is 1. The van der Waals surface area contributed by atoms with Gasteiger partial charge in [-0.25, -0.2) is 4.79 Å². The zero-order valence-electron chi connectivity index (χ0n) is 12.4. The maximum Gasteiger partial charge on any atom is 0.416 e. The third-order valence-electron chi connectivity index (χ3n) is 4.72. The summed E-state index contributed by atoms with van der Waals surface area (Å²) in [6, 6.07) is 5.17. The number of fused-ring (bicyclic) bond motifs is 1. The van der Waals surface area contributed by atoms with Crippen molar-refractivity contribution in [2.24, 2.45) is 11.8 Å². The Hall–Kier alpha value is -1.76. The van der Waals surface area contributed by atoms with Crippen LogP contribution in [0.1, 0.15) is 24.0 Å². The topological polar surface area (TPSA) is 49.8 Å². The van der Waals surface area contributed by atoms with Crippen molar-refractivity contribution in [3.05, 3.63) is 35.4 Å². The van der Waals surface area contributed by atoms with Crippen LogP contribution >= 0.6 is 0 Å². The van der Waals surface area contributed by atoms with E-state index >= 15 is 0 Å². The van der Waals surface area contributed by atoms with Gasteiger partial charge in [0, 0.05) is 13.1 Å². The van der Waals surface area contributed by atoms with E-state index in [1.54, 1.807) is 6.07 Å². The molecule has 0 spiro atoms. The highest BCUT2D eigenvalue weighted by Crippen LogP contribution is 2.39. The molecule has 2 aliphatic rings. The Bertz CT molecular complexity index is 576. The molecular formula is C16H18F3NO3. The van der Waals surface area contributed by atoms with Crippen LogP contribution in [0.2, 0.25) is 0 Å². The number of hydrogen-bond donors (Lipinski definition) is 1. The van der Waals surface area contributed by atoms with Gasteiger partial charge >= 0.3 is 12.3 Å². The molecule has 1 aromatic carbocycles. The minimum Gasteiger partial charge on any atom is -0.465 e. The summed E-state index contributed by atoms with van der Waals surface area (Å²) in [5, 5.41) is 8.98. The number of halogens is 3. The molecule has 1 saturated heterocycles. The lowest BCUT2D eigenvalue weighted by Gasteiger charge is -2.17. The van der Waals surface area contributed by atoms with Gasteiger partial charge in [-0.3, -0.25) is 0 Å². The Morgan fingerprint density at radius 3 is 2.48 bits per heavy atom. The number of hydrogen-bond acceptors (Lipinski definition) is 2. The molecule has 1 aliphatic carbocycles. The number of carbonyl (C=O) groups is 1. The van der Waals surface area contributed by atoms with Gasteiger partial charge in [0.15, 0.2) is 0 Å². The molecule has 1 saturated carbocycles. The smallest absolute Gasteiger partial charge is 0.416 e. The highest BCUT2D eigenvalue weighted by atomic mass is 19.4. The molecule has 0 unspecified atom stereocenters. The summed E-state index contributed by atoms with van der Waals surface area (Å²) in [5.74, 6) is 0.607. The molecule has 1 amide bonds. The molecule has 0 bridgehead atoms. The maximum atomic E-state index is 12.7. The van der Waals surface area contributed by atoms with Gasteiger partial charge in [0.05, 0.1) is 18.3 Å². The maximum absolute atomic E-state index is 12.7. The number of rotatable bonds is 3. The van der Waals surface area contributed by atoms with Gasteiger partial charge < -0.3 is 14.7 Å². The van der Waals surface area contributed by atoms with Crippen LogP contribution in [-0.4, -0.2) is 35.3 Å². The molecule has 3 rings (SSSR count). The van der Waals surface area contributed by atoms with E-state index in [-0.39, 0.29) is 12.7 Å². The Morgan fingerprint density at radius 2 is 1.91 bits per heavy atom. The summed E-state index contributed by atoms with van der Waals surface area (Å²) in [4.78, 5) is 12.4. The summed E-state index contributed by atoms with van der Waals surface area (Å²) >= 11 is 0. The molecule has 4 nitrogen and oxygen atoms in total. The van der Waals surface area contributed by atoms with Crippen molar-refractivity contribution in [3.63, 3.8) is 0 Å². The fourth-order valence-corrected chi connectivity index (χ4v) is 3.59. The molecule has 1 aromatic rings. The molecule has 0 aromatic heterocycles. The summed E-state index contributed by atoms with van der Waals surface area (Å²) in [6.07, 6.45) is -3.70. The Kier molecular flexibility index (Phi) is 4.23. The Balaban J connectivity index is 1.52. The average molecular weight is 329 g/mol. The standard InChI is InChI=1S/C16H18F3NO3/c17-16(18,19)13-3-1-2-10(4-13)9-23-14-5-11-7-20(15(21)22)8-12(11)6-14/h1-4,11-12,14H,5-9H2,(H,21,22)/t11-,12+,14+. The van der Waals surface area contributed by atoms with E-state index < -0.39 is 17.8 Å². The van der Waals surface area contributed by atoms with E-state index in [9.17, 15) is 18.0 Å². The van der Waals surface area contributed by atoms with E-state index in [0.29, 0.717) is 30.5 Å². The third kappa shape index (κ3) is 3.60. The van der Waals surface area contributed by atoms with Gasteiger partial charge in [0.25, 0.3) is 0 Å². The first kappa shape index (κ1) is 16.1. The van der Waals surface area contributed by atoms with Crippen LogP contribution in [0.25, 0.3) is 0 Å². The summed E-state index contributed by atoms with van der Waals surface area (Å²) in [5.41, 5.74) is -0.164. The summed E-state index contributed by atoms with van der Waals surface area (Å²) in [6.45, 7) is 1.21. The van der Waals surface area contributed by atoms with Crippen molar-refractivity contribution in [2.45, 2.75) is 31.7 Å². The van der Waals surface area contributed by atoms with Crippen molar-refractivity contribution in [3.8, 4) is 0 Å². The average Bonchev–Trinajstić information content (AvgIpc) is 3.02. The quantitative estimate of drug-likeness (QED) is 0.921. The second-order valence-corrected chi connectivity index (χ2v) is 6.31. The predicted octanol–water partition coefficient (Wildman–Crippen LogP) is 3.61. The van der Waals surface area contributed by atoms with Gasteiger partial charge in [0.1, 0.15) is 0 Å². The van der Waals surface area contributed by atoms with Gasteiger partial charge in [-0.05, 0) is 42.4 Å².